The summed E-state index contributed by atoms with van der Waals surface area (Å²) in [4.78, 5) is 17.7. The van der Waals surface area contributed by atoms with Crippen LogP contribution in [0.1, 0.15) is 26.2 Å². The lowest BCUT2D eigenvalue weighted by Crippen LogP contribution is -2.47. The Kier molecular flexibility index (Phi) is 3.58. The molecule has 0 radical (unpaired) electrons. The van der Waals surface area contributed by atoms with E-state index in [0.717, 1.165) is 24.5 Å². The van der Waals surface area contributed by atoms with Crippen LogP contribution in [0, 0.1) is 5.41 Å². The summed E-state index contributed by atoms with van der Waals surface area (Å²) in [6, 6.07) is 0. The van der Waals surface area contributed by atoms with Gasteiger partial charge in [0.1, 0.15) is 5.15 Å². The monoisotopic (exact) mass is 274 g/mol. The van der Waals surface area contributed by atoms with Gasteiger partial charge in [0, 0.05) is 18.5 Å². The Labute approximate surface area is 109 Å². The highest BCUT2D eigenvalue weighted by Gasteiger charge is 2.41. The molecule has 94 valence electrons. The minimum atomic E-state index is -0.702. The van der Waals surface area contributed by atoms with Gasteiger partial charge in [0.15, 0.2) is 5.13 Å². The smallest absolute Gasteiger partial charge is 0.311 e. The summed E-state index contributed by atoms with van der Waals surface area (Å²) in [6.45, 7) is 3.33. The van der Waals surface area contributed by atoms with Crippen molar-refractivity contribution in [2.75, 3.05) is 18.0 Å². The molecular formula is C11H15ClN2O2S. The molecule has 2 rings (SSSR count). The summed E-state index contributed by atoms with van der Waals surface area (Å²) in [6.07, 6.45) is 2.28. The number of halogens is 1. The molecule has 1 aromatic rings. The molecule has 1 aromatic heterocycles. The first-order valence-corrected chi connectivity index (χ1v) is 6.92. The lowest BCUT2D eigenvalue weighted by atomic mass is 9.78. The van der Waals surface area contributed by atoms with Crippen LogP contribution < -0.4 is 4.90 Å². The molecule has 2 heterocycles. The Balaban J connectivity index is 2.19. The van der Waals surface area contributed by atoms with Gasteiger partial charge in [-0.1, -0.05) is 18.5 Å². The van der Waals surface area contributed by atoms with E-state index in [2.05, 4.69) is 4.98 Å². The number of rotatable bonds is 3. The first-order chi connectivity index (χ1) is 8.07. The average Bonchev–Trinajstić information content (AvgIpc) is 2.76. The first-order valence-electron chi connectivity index (χ1n) is 5.67. The molecule has 0 aromatic carbocycles. The van der Waals surface area contributed by atoms with Gasteiger partial charge in [-0.25, -0.2) is 4.98 Å². The van der Waals surface area contributed by atoms with E-state index < -0.39 is 11.4 Å². The van der Waals surface area contributed by atoms with Crippen molar-refractivity contribution < 1.29 is 9.90 Å². The quantitative estimate of drug-likeness (QED) is 0.921. The molecule has 4 nitrogen and oxygen atoms in total. The molecule has 1 aliphatic heterocycles. The van der Waals surface area contributed by atoms with Gasteiger partial charge in [-0.15, -0.1) is 11.3 Å². The van der Waals surface area contributed by atoms with Gasteiger partial charge in [0.2, 0.25) is 0 Å². The molecular weight excluding hydrogens is 260 g/mol. The second-order valence-corrected chi connectivity index (χ2v) is 5.64. The van der Waals surface area contributed by atoms with Crippen molar-refractivity contribution in [3.63, 3.8) is 0 Å². The van der Waals surface area contributed by atoms with Crippen LogP contribution in [-0.4, -0.2) is 29.1 Å². The Morgan fingerprint density at radius 3 is 3.06 bits per heavy atom. The van der Waals surface area contributed by atoms with Gasteiger partial charge < -0.3 is 10.0 Å². The van der Waals surface area contributed by atoms with Crippen LogP contribution in [-0.2, 0) is 4.79 Å². The van der Waals surface area contributed by atoms with Gasteiger partial charge in [-0.05, 0) is 19.3 Å². The molecule has 0 aliphatic carbocycles. The van der Waals surface area contributed by atoms with Crippen LogP contribution in [0.4, 0.5) is 5.13 Å². The van der Waals surface area contributed by atoms with E-state index in [-0.39, 0.29) is 0 Å². The van der Waals surface area contributed by atoms with E-state index >= 15 is 0 Å². The molecule has 1 N–H and O–H groups in total. The van der Waals surface area contributed by atoms with Crippen molar-refractivity contribution in [3.8, 4) is 0 Å². The Morgan fingerprint density at radius 1 is 1.76 bits per heavy atom. The number of piperidine rings is 1. The normalized spacial score (nSPS) is 24.9. The predicted molar refractivity (Wildman–Crippen MR) is 68.9 cm³/mol. The minimum absolute atomic E-state index is 0.480. The predicted octanol–water partition coefficient (Wildman–Crippen LogP) is 2.88. The first kappa shape index (κ1) is 12.6. The highest BCUT2D eigenvalue weighted by atomic mass is 35.5. The third kappa shape index (κ3) is 2.40. The summed E-state index contributed by atoms with van der Waals surface area (Å²) in [5.41, 5.74) is -0.629. The minimum Gasteiger partial charge on any atom is -0.481 e. The molecule has 0 amide bonds. The molecule has 0 spiro atoms. The summed E-state index contributed by atoms with van der Waals surface area (Å²) < 4.78 is 0. The van der Waals surface area contributed by atoms with Crippen molar-refractivity contribution in [3.05, 3.63) is 10.5 Å². The number of hydrogen-bond acceptors (Lipinski definition) is 4. The molecule has 0 bridgehead atoms. The molecule has 0 saturated carbocycles. The van der Waals surface area contributed by atoms with E-state index in [9.17, 15) is 9.90 Å². The zero-order valence-corrected chi connectivity index (χ0v) is 11.2. The molecule has 6 heteroatoms. The maximum Gasteiger partial charge on any atom is 0.311 e. The number of thiazole rings is 1. The number of carboxylic acids is 1. The van der Waals surface area contributed by atoms with Crippen molar-refractivity contribution >= 4 is 34.0 Å². The number of carbonyl (C=O) groups is 1. The van der Waals surface area contributed by atoms with Crippen LogP contribution in [0.3, 0.4) is 0 Å². The number of anilines is 1. The second kappa shape index (κ2) is 4.82. The maximum absolute atomic E-state index is 11.4. The number of aliphatic carboxylic acids is 1. The van der Waals surface area contributed by atoms with Gasteiger partial charge in [0.25, 0.3) is 0 Å². The van der Waals surface area contributed by atoms with E-state index in [0.29, 0.717) is 18.1 Å². The van der Waals surface area contributed by atoms with Crippen molar-refractivity contribution in [1.29, 1.82) is 0 Å². The fourth-order valence-corrected chi connectivity index (χ4v) is 3.28. The number of nitrogens with zero attached hydrogens (tertiary/aromatic N) is 2. The third-order valence-electron chi connectivity index (χ3n) is 3.44. The fraction of sp³-hybridized carbons (Fsp3) is 0.636. The van der Waals surface area contributed by atoms with E-state index in [1.54, 1.807) is 5.38 Å². The van der Waals surface area contributed by atoms with Crippen LogP contribution in [0.2, 0.25) is 5.15 Å². The molecule has 1 saturated heterocycles. The van der Waals surface area contributed by atoms with Crippen molar-refractivity contribution in [1.82, 2.24) is 4.98 Å². The maximum atomic E-state index is 11.4. The van der Waals surface area contributed by atoms with E-state index in [1.165, 1.54) is 11.3 Å². The zero-order chi connectivity index (χ0) is 12.5. The fourth-order valence-electron chi connectivity index (χ4n) is 2.30. The lowest BCUT2D eigenvalue weighted by molar-refractivity contribution is -0.149. The lowest BCUT2D eigenvalue weighted by Gasteiger charge is -2.39. The Morgan fingerprint density at radius 2 is 2.53 bits per heavy atom. The third-order valence-corrected chi connectivity index (χ3v) is 4.67. The van der Waals surface area contributed by atoms with Gasteiger partial charge in [-0.2, -0.15) is 0 Å². The van der Waals surface area contributed by atoms with E-state index in [1.807, 2.05) is 11.8 Å². The summed E-state index contributed by atoms with van der Waals surface area (Å²) >= 11 is 7.27. The Bertz CT molecular complexity index is 423. The van der Waals surface area contributed by atoms with Gasteiger partial charge in [0.05, 0.1) is 5.41 Å². The molecule has 1 unspecified atom stereocenters. The highest BCUT2D eigenvalue weighted by Crippen LogP contribution is 2.36. The van der Waals surface area contributed by atoms with Crippen molar-refractivity contribution in [2.45, 2.75) is 26.2 Å². The summed E-state index contributed by atoms with van der Waals surface area (Å²) in [5, 5.41) is 12.5. The standard InChI is InChI=1S/C11H15ClN2O2S/c1-2-11(9(15)16)4-3-5-14(7-11)10-13-8(12)6-17-10/h6H,2-5,7H2,1H3,(H,15,16). The second-order valence-electron chi connectivity index (χ2n) is 4.42. The van der Waals surface area contributed by atoms with Crippen LogP contribution in [0.25, 0.3) is 0 Å². The number of aromatic nitrogens is 1. The molecule has 1 fully saturated rings. The molecule has 1 aliphatic rings. The van der Waals surface area contributed by atoms with Crippen LogP contribution >= 0.6 is 22.9 Å². The number of carboxylic acid groups (broad SMARTS) is 1. The number of hydrogen-bond donors (Lipinski definition) is 1. The largest absolute Gasteiger partial charge is 0.481 e. The van der Waals surface area contributed by atoms with Crippen LogP contribution in [0.5, 0.6) is 0 Å². The molecule has 1 atom stereocenters. The van der Waals surface area contributed by atoms with Crippen molar-refractivity contribution in [2.24, 2.45) is 5.41 Å². The average molecular weight is 275 g/mol. The SMILES string of the molecule is CCC1(C(=O)O)CCCN(c2nc(Cl)cs2)C1. The van der Waals surface area contributed by atoms with Crippen LogP contribution in [0.15, 0.2) is 5.38 Å². The Hall–Kier alpha value is -0.810. The zero-order valence-electron chi connectivity index (χ0n) is 9.65. The highest BCUT2D eigenvalue weighted by molar-refractivity contribution is 7.14. The summed E-state index contributed by atoms with van der Waals surface area (Å²) in [7, 11) is 0. The van der Waals surface area contributed by atoms with Gasteiger partial charge in [-0.3, -0.25) is 4.79 Å². The molecule has 17 heavy (non-hydrogen) atoms. The topological polar surface area (TPSA) is 53.4 Å². The van der Waals surface area contributed by atoms with Gasteiger partial charge >= 0.3 is 5.97 Å². The summed E-state index contributed by atoms with van der Waals surface area (Å²) in [5.74, 6) is -0.702. The van der Waals surface area contributed by atoms with E-state index in [4.69, 9.17) is 11.6 Å².